The standard InChI is InChI=1S/C24H39N/c1-2-3-5-8-21-10-14-23(15-11-21)18-19-24-16-12-22(13-17-24)9-6-4-7-20-25/h4,6-7,9,21-24H,2-3,5,8,10-19H2,1H3/t21-,22-,23-,24-. The van der Waals surface area contributed by atoms with E-state index in [2.05, 4.69) is 19.1 Å². The molecule has 0 atom stereocenters. The minimum absolute atomic E-state index is 0.748. The van der Waals surface area contributed by atoms with Crippen LogP contribution in [0.3, 0.4) is 0 Å². The summed E-state index contributed by atoms with van der Waals surface area (Å²) in [5.41, 5.74) is 0. The van der Waals surface area contributed by atoms with Gasteiger partial charge in [-0.05, 0) is 49.4 Å². The minimum Gasteiger partial charge on any atom is -0.193 e. The van der Waals surface area contributed by atoms with E-state index in [0.29, 0.717) is 0 Å². The molecule has 0 radical (unpaired) electrons. The highest BCUT2D eigenvalue weighted by atomic mass is 14.3. The minimum atomic E-state index is 0.748. The van der Waals surface area contributed by atoms with Gasteiger partial charge in [0.1, 0.15) is 0 Å². The first kappa shape index (κ1) is 20.3. The molecule has 0 aromatic rings. The molecule has 0 amide bonds. The zero-order valence-electron chi connectivity index (χ0n) is 16.5. The van der Waals surface area contributed by atoms with Crippen molar-refractivity contribution in [2.75, 3.05) is 0 Å². The van der Waals surface area contributed by atoms with Crippen LogP contribution in [-0.4, -0.2) is 0 Å². The quantitative estimate of drug-likeness (QED) is 0.241. The Morgan fingerprint density at radius 2 is 1.32 bits per heavy atom. The Morgan fingerprint density at radius 3 is 1.88 bits per heavy atom. The van der Waals surface area contributed by atoms with Crippen molar-refractivity contribution >= 4 is 0 Å². The van der Waals surface area contributed by atoms with Gasteiger partial charge in [0.2, 0.25) is 0 Å². The van der Waals surface area contributed by atoms with Gasteiger partial charge in [-0.25, -0.2) is 0 Å². The van der Waals surface area contributed by atoms with E-state index in [1.807, 2.05) is 12.1 Å². The summed E-state index contributed by atoms with van der Waals surface area (Å²) in [6, 6.07) is 2.04. The smallest absolute Gasteiger partial charge is 0.0912 e. The van der Waals surface area contributed by atoms with Gasteiger partial charge in [0.15, 0.2) is 0 Å². The first-order valence-corrected chi connectivity index (χ1v) is 11.0. The fourth-order valence-corrected chi connectivity index (χ4v) is 4.95. The molecule has 1 nitrogen and oxygen atoms in total. The molecule has 1 heteroatoms. The average molecular weight is 342 g/mol. The molecule has 2 aliphatic rings. The van der Waals surface area contributed by atoms with E-state index >= 15 is 0 Å². The molecule has 0 spiro atoms. The van der Waals surface area contributed by atoms with Gasteiger partial charge in [-0.15, -0.1) is 0 Å². The van der Waals surface area contributed by atoms with Crippen molar-refractivity contribution < 1.29 is 0 Å². The number of allylic oxidation sites excluding steroid dienone is 4. The first-order valence-electron chi connectivity index (χ1n) is 11.0. The summed E-state index contributed by atoms with van der Waals surface area (Å²) in [4.78, 5) is 0. The van der Waals surface area contributed by atoms with Crippen molar-refractivity contribution in [1.82, 2.24) is 0 Å². The predicted octanol–water partition coefficient (Wildman–Crippen LogP) is 7.60. The normalized spacial score (nSPS) is 30.7. The number of nitriles is 1. The van der Waals surface area contributed by atoms with Crippen LogP contribution in [0.1, 0.15) is 96.8 Å². The molecule has 140 valence electrons. The fourth-order valence-electron chi connectivity index (χ4n) is 4.95. The van der Waals surface area contributed by atoms with Crippen LogP contribution in [0.25, 0.3) is 0 Å². The second-order valence-corrected chi connectivity index (χ2v) is 8.61. The summed E-state index contributed by atoms with van der Waals surface area (Å²) >= 11 is 0. The largest absolute Gasteiger partial charge is 0.193 e. The fraction of sp³-hybridized carbons (Fsp3) is 0.792. The number of hydrogen-bond donors (Lipinski definition) is 0. The van der Waals surface area contributed by atoms with E-state index in [1.54, 1.807) is 6.08 Å². The Balaban J connectivity index is 1.54. The molecule has 2 fully saturated rings. The lowest BCUT2D eigenvalue weighted by atomic mass is 9.75. The van der Waals surface area contributed by atoms with Gasteiger partial charge >= 0.3 is 0 Å². The molecule has 2 aliphatic carbocycles. The molecule has 0 aliphatic heterocycles. The Morgan fingerprint density at radius 1 is 0.760 bits per heavy atom. The summed E-state index contributed by atoms with van der Waals surface area (Å²) < 4.78 is 0. The van der Waals surface area contributed by atoms with Gasteiger partial charge in [0.25, 0.3) is 0 Å². The summed E-state index contributed by atoms with van der Waals surface area (Å²) in [5, 5.41) is 8.50. The van der Waals surface area contributed by atoms with Gasteiger partial charge in [-0.2, -0.15) is 5.26 Å². The molecular weight excluding hydrogens is 302 g/mol. The van der Waals surface area contributed by atoms with Crippen molar-refractivity contribution in [2.24, 2.45) is 23.7 Å². The van der Waals surface area contributed by atoms with E-state index in [0.717, 1.165) is 23.7 Å². The van der Waals surface area contributed by atoms with Crippen LogP contribution in [0.2, 0.25) is 0 Å². The third kappa shape index (κ3) is 8.26. The molecule has 0 aromatic carbocycles. The summed E-state index contributed by atoms with van der Waals surface area (Å²) in [7, 11) is 0. The van der Waals surface area contributed by atoms with Gasteiger partial charge in [-0.1, -0.05) is 89.4 Å². The lowest BCUT2D eigenvalue weighted by Gasteiger charge is -2.31. The highest BCUT2D eigenvalue weighted by molar-refractivity contribution is 5.12. The molecule has 0 aromatic heterocycles. The van der Waals surface area contributed by atoms with Crippen molar-refractivity contribution in [3.05, 3.63) is 24.3 Å². The van der Waals surface area contributed by atoms with E-state index < -0.39 is 0 Å². The molecule has 0 N–H and O–H groups in total. The van der Waals surface area contributed by atoms with Gasteiger partial charge in [0.05, 0.1) is 6.07 Å². The molecule has 2 saturated carbocycles. The number of unbranched alkanes of at least 4 members (excludes halogenated alkanes) is 2. The second-order valence-electron chi connectivity index (χ2n) is 8.61. The molecule has 0 bridgehead atoms. The highest BCUT2D eigenvalue weighted by Gasteiger charge is 2.23. The molecule has 0 heterocycles. The molecule has 25 heavy (non-hydrogen) atoms. The van der Waals surface area contributed by atoms with Crippen LogP contribution in [-0.2, 0) is 0 Å². The van der Waals surface area contributed by atoms with E-state index in [1.165, 1.54) is 89.9 Å². The topological polar surface area (TPSA) is 23.8 Å². The van der Waals surface area contributed by atoms with Crippen LogP contribution < -0.4 is 0 Å². The van der Waals surface area contributed by atoms with E-state index in [9.17, 15) is 0 Å². The van der Waals surface area contributed by atoms with Crippen molar-refractivity contribution in [2.45, 2.75) is 96.8 Å². The van der Waals surface area contributed by atoms with E-state index in [4.69, 9.17) is 5.26 Å². The van der Waals surface area contributed by atoms with Crippen LogP contribution in [0, 0.1) is 35.0 Å². The van der Waals surface area contributed by atoms with Crippen molar-refractivity contribution in [3.63, 3.8) is 0 Å². The molecule has 0 unspecified atom stereocenters. The number of hydrogen-bond acceptors (Lipinski definition) is 1. The second kappa shape index (κ2) is 12.3. The maximum Gasteiger partial charge on any atom is 0.0912 e. The van der Waals surface area contributed by atoms with E-state index in [-0.39, 0.29) is 0 Å². The average Bonchev–Trinajstić information content (AvgIpc) is 2.66. The summed E-state index contributed by atoms with van der Waals surface area (Å²) in [5.74, 6) is 3.83. The van der Waals surface area contributed by atoms with Crippen molar-refractivity contribution in [3.8, 4) is 6.07 Å². The lowest BCUT2D eigenvalue weighted by Crippen LogP contribution is -2.17. The summed E-state index contributed by atoms with van der Waals surface area (Å²) in [6.07, 6.45) is 28.2. The van der Waals surface area contributed by atoms with Gasteiger partial charge in [-0.3, -0.25) is 0 Å². The van der Waals surface area contributed by atoms with Crippen LogP contribution in [0.4, 0.5) is 0 Å². The lowest BCUT2D eigenvalue weighted by molar-refractivity contribution is 0.219. The maximum absolute atomic E-state index is 8.50. The number of nitrogens with zero attached hydrogens (tertiary/aromatic N) is 1. The van der Waals surface area contributed by atoms with Crippen LogP contribution in [0.15, 0.2) is 24.3 Å². The Bertz CT molecular complexity index is 426. The Hall–Kier alpha value is -1.03. The summed E-state index contributed by atoms with van der Waals surface area (Å²) in [6.45, 7) is 2.31. The highest BCUT2D eigenvalue weighted by Crippen LogP contribution is 2.38. The molecule has 0 saturated heterocycles. The molecular formula is C24H39N. The van der Waals surface area contributed by atoms with Crippen LogP contribution >= 0.6 is 0 Å². The molecule has 2 rings (SSSR count). The third-order valence-corrected chi connectivity index (χ3v) is 6.72. The zero-order valence-corrected chi connectivity index (χ0v) is 16.5. The first-order chi connectivity index (χ1) is 12.3. The SMILES string of the molecule is CCCCC[C@H]1CC[C@H](CC[C@H]2CC[C@H](C=CC=CC#N)CC2)CC1. The van der Waals surface area contributed by atoms with Crippen LogP contribution in [0.5, 0.6) is 0 Å². The van der Waals surface area contributed by atoms with Gasteiger partial charge in [0, 0.05) is 6.08 Å². The zero-order chi connectivity index (χ0) is 17.7. The number of rotatable bonds is 9. The van der Waals surface area contributed by atoms with Crippen molar-refractivity contribution in [1.29, 1.82) is 5.26 Å². The Labute approximate surface area is 156 Å². The third-order valence-electron chi connectivity index (χ3n) is 6.72. The monoisotopic (exact) mass is 341 g/mol. The predicted molar refractivity (Wildman–Crippen MR) is 108 cm³/mol. The maximum atomic E-state index is 8.50. The Kier molecular flexibility index (Phi) is 10.0. The van der Waals surface area contributed by atoms with Gasteiger partial charge < -0.3 is 0 Å².